The molecule has 0 aliphatic heterocycles. The molecule has 1 aromatic carbocycles. The quantitative estimate of drug-likeness (QED) is 0.726. The van der Waals surface area contributed by atoms with Gasteiger partial charge in [-0.3, -0.25) is 4.98 Å². The average molecular weight is 213 g/mol. The van der Waals surface area contributed by atoms with E-state index in [1.807, 2.05) is 0 Å². The number of ether oxygens (including phenoxy) is 1. The van der Waals surface area contributed by atoms with Crippen LogP contribution in [0.4, 0.5) is 13.2 Å². The molecule has 5 heteroatoms. The number of rotatable bonds is 1. The number of hydrogen-bond donors (Lipinski definition) is 0. The van der Waals surface area contributed by atoms with Crippen LogP contribution in [0.2, 0.25) is 0 Å². The Morgan fingerprint density at radius 1 is 1.07 bits per heavy atom. The molecule has 0 fully saturated rings. The largest absolute Gasteiger partial charge is 0.573 e. The maximum atomic E-state index is 12.0. The van der Waals surface area contributed by atoms with Crippen molar-refractivity contribution < 1.29 is 17.9 Å². The van der Waals surface area contributed by atoms with E-state index in [0.717, 1.165) is 6.20 Å². The number of fused-ring (bicyclic) bond motifs is 1. The van der Waals surface area contributed by atoms with Gasteiger partial charge in [-0.25, -0.2) is 0 Å². The third-order valence-corrected chi connectivity index (χ3v) is 1.86. The van der Waals surface area contributed by atoms with Gasteiger partial charge in [0.2, 0.25) is 0 Å². The molecular formula is C10H6F3NO. The number of alkyl halides is 3. The normalized spacial score (nSPS) is 11.7. The van der Waals surface area contributed by atoms with Gasteiger partial charge in [0.1, 0.15) is 0 Å². The van der Waals surface area contributed by atoms with Crippen LogP contribution in [-0.4, -0.2) is 11.3 Å². The summed E-state index contributed by atoms with van der Waals surface area (Å²) in [5, 5.41) is 1.00. The summed E-state index contributed by atoms with van der Waals surface area (Å²) in [7, 11) is 0. The number of hydrogen-bond acceptors (Lipinski definition) is 2. The molecule has 0 aliphatic rings. The highest BCUT2D eigenvalue weighted by molar-refractivity contribution is 5.87. The molecule has 78 valence electrons. The molecular weight excluding hydrogens is 207 g/mol. The fourth-order valence-electron chi connectivity index (χ4n) is 1.29. The van der Waals surface area contributed by atoms with Gasteiger partial charge >= 0.3 is 6.36 Å². The SMILES string of the molecule is FC(F)(F)Oc1cncc2ccccc12. The van der Waals surface area contributed by atoms with E-state index >= 15 is 0 Å². The zero-order chi connectivity index (χ0) is 10.9. The van der Waals surface area contributed by atoms with Crippen LogP contribution < -0.4 is 4.74 Å². The standard InChI is InChI=1S/C10H6F3NO/c11-10(12,13)15-9-6-14-5-7-3-1-2-4-8(7)9/h1-6H. The van der Waals surface area contributed by atoms with Crippen molar-refractivity contribution in [1.29, 1.82) is 0 Å². The van der Waals surface area contributed by atoms with Gasteiger partial charge in [0, 0.05) is 17.0 Å². The molecule has 1 heterocycles. The zero-order valence-corrected chi connectivity index (χ0v) is 7.45. The molecule has 2 nitrogen and oxygen atoms in total. The molecule has 0 N–H and O–H groups in total. The van der Waals surface area contributed by atoms with Crippen molar-refractivity contribution in [3.8, 4) is 5.75 Å². The lowest BCUT2D eigenvalue weighted by Gasteiger charge is -2.10. The predicted octanol–water partition coefficient (Wildman–Crippen LogP) is 3.13. The first kappa shape index (κ1) is 9.76. The molecule has 2 aromatic rings. The van der Waals surface area contributed by atoms with Crippen molar-refractivity contribution in [3.63, 3.8) is 0 Å². The number of aromatic nitrogens is 1. The summed E-state index contributed by atoms with van der Waals surface area (Å²) in [6.07, 6.45) is -2.15. The van der Waals surface area contributed by atoms with E-state index in [9.17, 15) is 13.2 Å². The molecule has 15 heavy (non-hydrogen) atoms. The van der Waals surface area contributed by atoms with E-state index < -0.39 is 6.36 Å². The van der Waals surface area contributed by atoms with Crippen molar-refractivity contribution in [2.75, 3.05) is 0 Å². The number of pyridine rings is 1. The summed E-state index contributed by atoms with van der Waals surface area (Å²) in [5.41, 5.74) is 0. The van der Waals surface area contributed by atoms with Gasteiger partial charge in [0.05, 0.1) is 6.20 Å². The van der Waals surface area contributed by atoms with Crippen molar-refractivity contribution in [1.82, 2.24) is 4.98 Å². The molecule has 0 amide bonds. The second-order valence-corrected chi connectivity index (χ2v) is 2.91. The first-order valence-corrected chi connectivity index (χ1v) is 4.15. The van der Waals surface area contributed by atoms with Crippen LogP contribution in [-0.2, 0) is 0 Å². The lowest BCUT2D eigenvalue weighted by Crippen LogP contribution is -2.17. The maximum absolute atomic E-state index is 12.0. The minimum absolute atomic E-state index is 0.277. The Bertz CT molecular complexity index is 476. The highest BCUT2D eigenvalue weighted by Gasteiger charge is 2.31. The van der Waals surface area contributed by atoms with Crippen LogP contribution in [0.5, 0.6) is 5.75 Å². The molecule has 0 saturated heterocycles. The topological polar surface area (TPSA) is 22.1 Å². The summed E-state index contributed by atoms with van der Waals surface area (Å²) < 4.78 is 39.9. The molecule has 0 spiro atoms. The fourth-order valence-corrected chi connectivity index (χ4v) is 1.29. The zero-order valence-electron chi connectivity index (χ0n) is 7.45. The molecule has 0 aliphatic carbocycles. The van der Waals surface area contributed by atoms with Crippen LogP contribution in [0.3, 0.4) is 0 Å². The van der Waals surface area contributed by atoms with Gasteiger partial charge in [0.25, 0.3) is 0 Å². The minimum atomic E-state index is -4.69. The van der Waals surface area contributed by atoms with Gasteiger partial charge in [-0.1, -0.05) is 24.3 Å². The lowest BCUT2D eigenvalue weighted by molar-refractivity contribution is -0.274. The van der Waals surface area contributed by atoms with Gasteiger partial charge in [-0.05, 0) is 0 Å². The Kier molecular flexibility index (Phi) is 2.22. The Labute approximate surface area is 83.3 Å². The van der Waals surface area contributed by atoms with E-state index in [0.29, 0.717) is 10.8 Å². The van der Waals surface area contributed by atoms with Gasteiger partial charge in [-0.2, -0.15) is 0 Å². The first-order chi connectivity index (χ1) is 7.06. The molecule has 0 radical (unpaired) electrons. The monoisotopic (exact) mass is 213 g/mol. The van der Waals surface area contributed by atoms with E-state index in [1.165, 1.54) is 6.20 Å². The molecule has 0 bridgehead atoms. The highest BCUT2D eigenvalue weighted by Crippen LogP contribution is 2.29. The van der Waals surface area contributed by atoms with Crippen molar-refractivity contribution in [3.05, 3.63) is 36.7 Å². The Morgan fingerprint density at radius 2 is 1.80 bits per heavy atom. The second-order valence-electron chi connectivity index (χ2n) is 2.91. The van der Waals surface area contributed by atoms with E-state index in [-0.39, 0.29) is 5.75 Å². The fraction of sp³-hybridized carbons (Fsp3) is 0.100. The van der Waals surface area contributed by atoms with Crippen molar-refractivity contribution in [2.45, 2.75) is 6.36 Å². The molecule has 1 aromatic heterocycles. The summed E-state index contributed by atoms with van der Waals surface area (Å²) in [6.45, 7) is 0. The molecule has 0 saturated carbocycles. The summed E-state index contributed by atoms with van der Waals surface area (Å²) in [5.74, 6) is -0.277. The number of benzene rings is 1. The van der Waals surface area contributed by atoms with Crippen molar-refractivity contribution in [2.24, 2.45) is 0 Å². The van der Waals surface area contributed by atoms with Crippen molar-refractivity contribution >= 4 is 10.8 Å². The molecule has 0 atom stereocenters. The Hall–Kier alpha value is -1.78. The van der Waals surface area contributed by atoms with Gasteiger partial charge in [-0.15, -0.1) is 13.2 Å². The van der Waals surface area contributed by atoms with Crippen LogP contribution in [0.1, 0.15) is 0 Å². The van der Waals surface area contributed by atoms with Gasteiger partial charge < -0.3 is 4.74 Å². The van der Waals surface area contributed by atoms with Crippen LogP contribution in [0, 0.1) is 0 Å². The number of nitrogens with zero attached hydrogens (tertiary/aromatic N) is 1. The third-order valence-electron chi connectivity index (χ3n) is 1.86. The van der Waals surface area contributed by atoms with Gasteiger partial charge in [0.15, 0.2) is 5.75 Å². The van der Waals surface area contributed by atoms with E-state index in [1.54, 1.807) is 24.3 Å². The summed E-state index contributed by atoms with van der Waals surface area (Å²) in [6, 6.07) is 6.59. The van der Waals surface area contributed by atoms with E-state index in [4.69, 9.17) is 0 Å². The third kappa shape index (κ3) is 2.18. The van der Waals surface area contributed by atoms with Crippen LogP contribution in [0.15, 0.2) is 36.7 Å². The van der Waals surface area contributed by atoms with Crippen LogP contribution >= 0.6 is 0 Å². The summed E-state index contributed by atoms with van der Waals surface area (Å²) >= 11 is 0. The molecule has 0 unspecified atom stereocenters. The summed E-state index contributed by atoms with van der Waals surface area (Å²) in [4.78, 5) is 3.67. The molecule has 2 rings (SSSR count). The Morgan fingerprint density at radius 3 is 2.53 bits per heavy atom. The number of halogens is 3. The predicted molar refractivity (Wildman–Crippen MR) is 48.4 cm³/mol. The average Bonchev–Trinajstić information content (AvgIpc) is 2.16. The Balaban J connectivity index is 2.52. The maximum Gasteiger partial charge on any atom is 0.573 e. The van der Waals surface area contributed by atoms with Crippen LogP contribution in [0.25, 0.3) is 10.8 Å². The first-order valence-electron chi connectivity index (χ1n) is 4.15. The van der Waals surface area contributed by atoms with E-state index in [2.05, 4.69) is 9.72 Å². The lowest BCUT2D eigenvalue weighted by atomic mass is 10.2. The second kappa shape index (κ2) is 3.42. The smallest absolute Gasteiger partial charge is 0.403 e. The highest BCUT2D eigenvalue weighted by atomic mass is 19.4. The minimum Gasteiger partial charge on any atom is -0.403 e.